The number of aliphatic hydroxyl groups is 1. The third-order valence-corrected chi connectivity index (χ3v) is 4.76. The molecule has 6 heteroatoms. The van der Waals surface area contributed by atoms with Crippen LogP contribution in [0, 0.1) is 0 Å². The minimum absolute atomic E-state index is 0.0299. The number of benzene rings is 1. The molecule has 1 amide bonds. The van der Waals surface area contributed by atoms with Crippen molar-refractivity contribution in [2.24, 2.45) is 0 Å². The fourth-order valence-electron chi connectivity index (χ4n) is 1.96. The third-order valence-electron chi connectivity index (χ3n) is 3.08. The van der Waals surface area contributed by atoms with Gasteiger partial charge in [0.1, 0.15) is 4.88 Å². The number of hydrogen-bond acceptors (Lipinski definition) is 4. The summed E-state index contributed by atoms with van der Waals surface area (Å²) in [7, 11) is 0. The molecule has 2 aromatic rings. The van der Waals surface area contributed by atoms with Crippen molar-refractivity contribution in [3.05, 3.63) is 27.5 Å². The number of fused-ring (bicyclic) bond motifs is 1. The van der Waals surface area contributed by atoms with E-state index in [-0.39, 0.29) is 12.5 Å². The van der Waals surface area contributed by atoms with Gasteiger partial charge in [0.05, 0.1) is 5.69 Å². The Bertz CT molecular complexity index is 652. The number of nitrogen functional groups attached to an aromatic ring is 1. The Morgan fingerprint density at radius 3 is 2.85 bits per heavy atom. The van der Waals surface area contributed by atoms with Crippen LogP contribution in [0.2, 0.25) is 0 Å². The van der Waals surface area contributed by atoms with E-state index >= 15 is 0 Å². The second-order valence-electron chi connectivity index (χ2n) is 5.30. The lowest BCUT2D eigenvalue weighted by Crippen LogP contribution is -2.43. The highest BCUT2D eigenvalue weighted by Crippen LogP contribution is 2.35. The fourth-order valence-corrected chi connectivity index (χ4v) is 3.32. The van der Waals surface area contributed by atoms with E-state index in [1.54, 1.807) is 0 Å². The molecule has 0 radical (unpaired) electrons. The number of thiophene rings is 1. The number of amides is 1. The van der Waals surface area contributed by atoms with E-state index in [1.807, 2.05) is 32.0 Å². The lowest BCUT2D eigenvalue weighted by Gasteiger charge is -2.25. The van der Waals surface area contributed by atoms with E-state index < -0.39 is 5.54 Å². The normalized spacial score (nSPS) is 11.8. The van der Waals surface area contributed by atoms with Gasteiger partial charge in [0.25, 0.3) is 5.91 Å². The molecule has 0 aliphatic rings. The average Bonchev–Trinajstić information content (AvgIpc) is 2.66. The van der Waals surface area contributed by atoms with Crippen molar-refractivity contribution in [2.45, 2.75) is 25.8 Å². The standard InChI is InChI=1S/C14H17BrN2O2S/c1-14(2,5-6-18)17-13(19)12-11(16)9-7-8(15)3-4-10(9)20-12/h3-4,7,18H,5-6,16H2,1-2H3,(H,17,19). The zero-order valence-electron chi connectivity index (χ0n) is 11.4. The number of aliphatic hydroxyl groups excluding tert-OH is 1. The molecule has 0 spiro atoms. The van der Waals surface area contributed by atoms with Crippen LogP contribution in [0.5, 0.6) is 0 Å². The molecule has 4 N–H and O–H groups in total. The molecule has 1 aromatic carbocycles. The monoisotopic (exact) mass is 356 g/mol. The van der Waals surface area contributed by atoms with Crippen molar-refractivity contribution in [3.63, 3.8) is 0 Å². The highest BCUT2D eigenvalue weighted by molar-refractivity contribution is 9.10. The van der Waals surface area contributed by atoms with Crippen LogP contribution in [0.25, 0.3) is 10.1 Å². The van der Waals surface area contributed by atoms with E-state index in [0.717, 1.165) is 14.6 Å². The Hall–Kier alpha value is -1.11. The van der Waals surface area contributed by atoms with Gasteiger partial charge in [0.15, 0.2) is 0 Å². The molecule has 0 aliphatic heterocycles. The number of rotatable bonds is 4. The second kappa shape index (κ2) is 5.71. The fraction of sp³-hybridized carbons (Fsp3) is 0.357. The molecule has 1 aromatic heterocycles. The quantitative estimate of drug-likeness (QED) is 0.787. The first-order valence-electron chi connectivity index (χ1n) is 6.25. The highest BCUT2D eigenvalue weighted by Gasteiger charge is 2.23. The van der Waals surface area contributed by atoms with Crippen molar-refractivity contribution in [1.82, 2.24) is 5.32 Å². The molecule has 1 heterocycles. The van der Waals surface area contributed by atoms with Gasteiger partial charge in [-0.15, -0.1) is 11.3 Å². The van der Waals surface area contributed by atoms with Crippen molar-refractivity contribution in [1.29, 1.82) is 0 Å². The van der Waals surface area contributed by atoms with Crippen LogP contribution in [0.15, 0.2) is 22.7 Å². The molecule has 0 bridgehead atoms. The average molecular weight is 357 g/mol. The summed E-state index contributed by atoms with van der Waals surface area (Å²) in [5, 5.41) is 12.8. The van der Waals surface area contributed by atoms with Gasteiger partial charge in [-0.2, -0.15) is 0 Å². The smallest absolute Gasteiger partial charge is 0.263 e. The van der Waals surface area contributed by atoms with E-state index in [2.05, 4.69) is 21.2 Å². The predicted octanol–water partition coefficient (Wildman–Crippen LogP) is 3.14. The Morgan fingerprint density at radius 2 is 2.20 bits per heavy atom. The van der Waals surface area contributed by atoms with E-state index in [4.69, 9.17) is 10.8 Å². The molecule has 0 saturated heterocycles. The van der Waals surface area contributed by atoms with Gasteiger partial charge in [-0.25, -0.2) is 0 Å². The molecule has 4 nitrogen and oxygen atoms in total. The predicted molar refractivity (Wildman–Crippen MR) is 87.2 cm³/mol. The topological polar surface area (TPSA) is 75.3 Å². The second-order valence-corrected chi connectivity index (χ2v) is 7.26. The number of anilines is 1. The van der Waals surface area contributed by atoms with Crippen LogP contribution < -0.4 is 11.1 Å². The lowest BCUT2D eigenvalue weighted by molar-refractivity contribution is 0.0904. The minimum Gasteiger partial charge on any atom is -0.397 e. The Labute approximate surface area is 130 Å². The van der Waals surface area contributed by atoms with Gasteiger partial charge in [-0.05, 0) is 38.5 Å². The van der Waals surface area contributed by atoms with Crippen LogP contribution in [0.3, 0.4) is 0 Å². The largest absolute Gasteiger partial charge is 0.397 e. The maximum atomic E-state index is 12.3. The molecule has 20 heavy (non-hydrogen) atoms. The van der Waals surface area contributed by atoms with Gasteiger partial charge in [0, 0.05) is 26.7 Å². The first-order chi connectivity index (χ1) is 9.34. The van der Waals surface area contributed by atoms with Crippen LogP contribution >= 0.6 is 27.3 Å². The van der Waals surface area contributed by atoms with Crippen LogP contribution in [-0.2, 0) is 0 Å². The Morgan fingerprint density at radius 1 is 1.50 bits per heavy atom. The molecule has 0 fully saturated rings. The highest BCUT2D eigenvalue weighted by atomic mass is 79.9. The van der Waals surface area contributed by atoms with E-state index in [0.29, 0.717) is 17.0 Å². The molecule has 2 rings (SSSR count). The minimum atomic E-state index is -0.463. The number of hydrogen-bond donors (Lipinski definition) is 3. The molecule has 0 atom stereocenters. The number of carbonyl (C=O) groups is 1. The molecular formula is C14H17BrN2O2S. The first-order valence-corrected chi connectivity index (χ1v) is 7.86. The summed E-state index contributed by atoms with van der Waals surface area (Å²) in [6.45, 7) is 3.78. The van der Waals surface area contributed by atoms with Gasteiger partial charge in [0.2, 0.25) is 0 Å². The summed E-state index contributed by atoms with van der Waals surface area (Å²) < 4.78 is 1.91. The van der Waals surface area contributed by atoms with Crippen LogP contribution in [-0.4, -0.2) is 23.2 Å². The number of halogens is 1. The maximum absolute atomic E-state index is 12.3. The maximum Gasteiger partial charge on any atom is 0.263 e. The summed E-state index contributed by atoms with van der Waals surface area (Å²) >= 11 is 4.78. The summed E-state index contributed by atoms with van der Waals surface area (Å²) in [4.78, 5) is 12.9. The van der Waals surface area contributed by atoms with Crippen molar-refractivity contribution in [2.75, 3.05) is 12.3 Å². The van der Waals surface area contributed by atoms with Gasteiger partial charge < -0.3 is 16.2 Å². The van der Waals surface area contributed by atoms with Gasteiger partial charge in [-0.3, -0.25) is 4.79 Å². The summed E-state index contributed by atoms with van der Waals surface area (Å²) in [5.74, 6) is -0.196. The molecule has 0 unspecified atom stereocenters. The zero-order chi connectivity index (χ0) is 14.9. The lowest BCUT2D eigenvalue weighted by atomic mass is 10.0. The molecule has 108 valence electrons. The number of nitrogens with one attached hydrogen (secondary N) is 1. The molecule has 0 saturated carbocycles. The summed E-state index contributed by atoms with van der Waals surface area (Å²) in [5.41, 5.74) is 6.12. The first kappa shape index (κ1) is 15.3. The number of carbonyl (C=O) groups excluding carboxylic acids is 1. The van der Waals surface area contributed by atoms with Crippen LogP contribution in [0.1, 0.15) is 29.9 Å². The summed E-state index contributed by atoms with van der Waals surface area (Å²) in [6, 6.07) is 5.78. The number of nitrogens with two attached hydrogens (primary N) is 1. The third kappa shape index (κ3) is 3.13. The SMILES string of the molecule is CC(C)(CCO)NC(=O)c1sc2ccc(Br)cc2c1N. The van der Waals surface area contributed by atoms with Crippen molar-refractivity contribution in [3.8, 4) is 0 Å². The van der Waals surface area contributed by atoms with Gasteiger partial charge >= 0.3 is 0 Å². The van der Waals surface area contributed by atoms with E-state index in [1.165, 1.54) is 11.3 Å². The van der Waals surface area contributed by atoms with Crippen molar-refractivity contribution < 1.29 is 9.90 Å². The van der Waals surface area contributed by atoms with Crippen molar-refractivity contribution >= 4 is 48.9 Å². The molecular weight excluding hydrogens is 340 g/mol. The van der Waals surface area contributed by atoms with Crippen LogP contribution in [0.4, 0.5) is 5.69 Å². The Kier molecular flexibility index (Phi) is 4.36. The summed E-state index contributed by atoms with van der Waals surface area (Å²) in [6.07, 6.45) is 0.495. The van der Waals surface area contributed by atoms with E-state index in [9.17, 15) is 4.79 Å². The zero-order valence-corrected chi connectivity index (χ0v) is 13.8. The Balaban J connectivity index is 2.33. The molecule has 0 aliphatic carbocycles. The van der Waals surface area contributed by atoms with Gasteiger partial charge in [-0.1, -0.05) is 15.9 Å².